The van der Waals surface area contributed by atoms with Crippen molar-refractivity contribution in [3.8, 4) is 0 Å². The summed E-state index contributed by atoms with van der Waals surface area (Å²) in [6, 6.07) is 5.98. The molecule has 0 radical (unpaired) electrons. The molecule has 0 aliphatic heterocycles. The van der Waals surface area contributed by atoms with Crippen LogP contribution in [0.4, 0.5) is 0 Å². The van der Waals surface area contributed by atoms with Gasteiger partial charge in [-0.25, -0.2) is 10.8 Å². The Kier molecular flexibility index (Phi) is 2.00. The molecule has 3 N–H and O–H groups in total. The summed E-state index contributed by atoms with van der Waals surface area (Å²) in [5.74, 6) is 5.13. The number of carbonyl (C=O) groups is 1. The summed E-state index contributed by atoms with van der Waals surface area (Å²) in [7, 11) is 1.95. The summed E-state index contributed by atoms with van der Waals surface area (Å²) in [5, 5.41) is 0. The number of hydrogen-bond donors (Lipinski definition) is 2. The molecular formula is C12H14N4O. The van der Waals surface area contributed by atoms with Crippen LogP contribution in [-0.4, -0.2) is 15.5 Å². The lowest BCUT2D eigenvalue weighted by Gasteiger charge is -2.13. The van der Waals surface area contributed by atoms with Crippen LogP contribution in [0.5, 0.6) is 0 Å². The third-order valence-corrected chi connectivity index (χ3v) is 3.59. The van der Waals surface area contributed by atoms with Crippen LogP contribution in [0.1, 0.15) is 18.4 Å². The Morgan fingerprint density at radius 2 is 2.29 bits per heavy atom. The van der Waals surface area contributed by atoms with Crippen LogP contribution in [-0.2, 0) is 17.3 Å². The van der Waals surface area contributed by atoms with Crippen molar-refractivity contribution >= 4 is 16.9 Å². The fourth-order valence-corrected chi connectivity index (χ4v) is 2.34. The highest BCUT2D eigenvalue weighted by atomic mass is 16.2. The predicted octanol–water partition coefficient (Wildman–Crippen LogP) is 0.595. The van der Waals surface area contributed by atoms with E-state index in [1.165, 1.54) is 0 Å². The van der Waals surface area contributed by atoms with E-state index in [9.17, 15) is 4.79 Å². The molecule has 1 amide bonds. The smallest absolute Gasteiger partial charge is 0.244 e. The Bertz CT molecular complexity index is 598. The van der Waals surface area contributed by atoms with Crippen molar-refractivity contribution in [3.63, 3.8) is 0 Å². The van der Waals surface area contributed by atoms with Gasteiger partial charge in [0.2, 0.25) is 5.91 Å². The highest BCUT2D eigenvalue weighted by Crippen LogP contribution is 2.48. The molecule has 1 aliphatic carbocycles. The molecule has 5 heteroatoms. The molecule has 0 spiro atoms. The van der Waals surface area contributed by atoms with Gasteiger partial charge in [0.15, 0.2) is 0 Å². The van der Waals surface area contributed by atoms with Gasteiger partial charge in [-0.15, -0.1) is 0 Å². The second-order valence-electron chi connectivity index (χ2n) is 4.61. The van der Waals surface area contributed by atoms with Gasteiger partial charge in [0, 0.05) is 7.05 Å². The van der Waals surface area contributed by atoms with E-state index in [0.29, 0.717) is 0 Å². The number of nitrogens with two attached hydrogens (primary N) is 1. The van der Waals surface area contributed by atoms with E-state index in [-0.39, 0.29) is 5.91 Å². The summed E-state index contributed by atoms with van der Waals surface area (Å²) in [4.78, 5) is 16.1. The maximum atomic E-state index is 11.8. The lowest BCUT2D eigenvalue weighted by molar-refractivity contribution is -0.123. The highest BCUT2D eigenvalue weighted by Gasteiger charge is 2.51. The van der Waals surface area contributed by atoms with Crippen molar-refractivity contribution < 1.29 is 4.79 Å². The maximum absolute atomic E-state index is 11.8. The van der Waals surface area contributed by atoms with Gasteiger partial charge < -0.3 is 4.57 Å². The summed E-state index contributed by atoms with van der Waals surface area (Å²) >= 11 is 0. The Hall–Kier alpha value is -1.88. The van der Waals surface area contributed by atoms with E-state index in [1.54, 1.807) is 6.33 Å². The topological polar surface area (TPSA) is 72.9 Å². The minimum Gasteiger partial charge on any atom is -0.334 e. The zero-order valence-corrected chi connectivity index (χ0v) is 9.60. The number of benzene rings is 1. The van der Waals surface area contributed by atoms with Gasteiger partial charge in [-0.3, -0.25) is 10.2 Å². The summed E-state index contributed by atoms with van der Waals surface area (Å²) in [5.41, 5.74) is 4.83. The van der Waals surface area contributed by atoms with Crippen molar-refractivity contribution in [2.24, 2.45) is 12.9 Å². The molecule has 0 unspecified atom stereocenters. The fraction of sp³-hybridized carbons (Fsp3) is 0.333. The number of rotatable bonds is 2. The van der Waals surface area contributed by atoms with Gasteiger partial charge in [0.05, 0.1) is 22.8 Å². The molecule has 1 fully saturated rings. The van der Waals surface area contributed by atoms with Crippen LogP contribution in [0.2, 0.25) is 0 Å². The number of amides is 1. The molecule has 2 aromatic rings. The Labute approximate surface area is 98.6 Å². The molecule has 5 nitrogen and oxygen atoms in total. The molecule has 1 aliphatic rings. The molecule has 17 heavy (non-hydrogen) atoms. The molecule has 1 saturated carbocycles. The van der Waals surface area contributed by atoms with E-state index in [4.69, 9.17) is 5.84 Å². The Morgan fingerprint density at radius 1 is 1.53 bits per heavy atom. The summed E-state index contributed by atoms with van der Waals surface area (Å²) in [6.07, 6.45) is 3.49. The van der Waals surface area contributed by atoms with E-state index < -0.39 is 5.41 Å². The number of nitrogens with one attached hydrogen (secondary N) is 1. The number of carbonyl (C=O) groups excluding carboxylic acids is 1. The Balaban J connectivity index is 2.10. The first-order valence-corrected chi connectivity index (χ1v) is 5.60. The van der Waals surface area contributed by atoms with Gasteiger partial charge in [0.1, 0.15) is 0 Å². The van der Waals surface area contributed by atoms with Crippen LogP contribution >= 0.6 is 0 Å². The molecule has 1 aromatic heterocycles. The first-order chi connectivity index (χ1) is 8.17. The Morgan fingerprint density at radius 3 is 2.94 bits per heavy atom. The van der Waals surface area contributed by atoms with Gasteiger partial charge in [0.25, 0.3) is 0 Å². The van der Waals surface area contributed by atoms with Crippen LogP contribution in [0.3, 0.4) is 0 Å². The molecule has 0 atom stereocenters. The van der Waals surface area contributed by atoms with E-state index in [1.807, 2.05) is 29.8 Å². The van der Waals surface area contributed by atoms with Crippen molar-refractivity contribution in [1.29, 1.82) is 0 Å². The van der Waals surface area contributed by atoms with E-state index in [2.05, 4.69) is 10.4 Å². The monoisotopic (exact) mass is 230 g/mol. The molecular weight excluding hydrogens is 216 g/mol. The quantitative estimate of drug-likeness (QED) is 0.450. The average molecular weight is 230 g/mol. The second-order valence-corrected chi connectivity index (χ2v) is 4.61. The molecule has 0 saturated heterocycles. The standard InChI is InChI=1S/C12H14N4O/c1-16-7-14-9-6-8(2-3-10(9)16)12(4-5-12)11(17)15-13/h2-3,6-7H,4-5,13H2,1H3,(H,15,17). The molecule has 0 bridgehead atoms. The molecule has 1 aromatic carbocycles. The maximum Gasteiger partial charge on any atom is 0.244 e. The number of imidazole rings is 1. The largest absolute Gasteiger partial charge is 0.334 e. The first kappa shape index (κ1) is 10.3. The van der Waals surface area contributed by atoms with Crippen molar-refractivity contribution in [1.82, 2.24) is 15.0 Å². The zero-order valence-electron chi connectivity index (χ0n) is 9.60. The van der Waals surface area contributed by atoms with Crippen LogP contribution in [0.15, 0.2) is 24.5 Å². The normalized spacial score (nSPS) is 17.1. The van der Waals surface area contributed by atoms with Crippen molar-refractivity contribution in [3.05, 3.63) is 30.1 Å². The first-order valence-electron chi connectivity index (χ1n) is 5.60. The second kappa shape index (κ2) is 3.30. The summed E-state index contributed by atoms with van der Waals surface area (Å²) in [6.45, 7) is 0. The van der Waals surface area contributed by atoms with Gasteiger partial charge in [-0.2, -0.15) is 0 Å². The van der Waals surface area contributed by atoms with Gasteiger partial charge in [-0.1, -0.05) is 6.07 Å². The van der Waals surface area contributed by atoms with Crippen molar-refractivity contribution in [2.75, 3.05) is 0 Å². The lowest BCUT2D eigenvalue weighted by atomic mass is 9.95. The van der Waals surface area contributed by atoms with E-state index >= 15 is 0 Å². The average Bonchev–Trinajstić information content (AvgIpc) is 3.09. The minimum atomic E-state index is -0.416. The highest BCUT2D eigenvalue weighted by molar-refractivity contribution is 5.92. The van der Waals surface area contributed by atoms with Crippen LogP contribution in [0, 0.1) is 0 Å². The number of aryl methyl sites for hydroxylation is 1. The van der Waals surface area contributed by atoms with Crippen LogP contribution < -0.4 is 11.3 Å². The molecule has 1 heterocycles. The molecule has 88 valence electrons. The predicted molar refractivity (Wildman–Crippen MR) is 64.0 cm³/mol. The zero-order chi connectivity index (χ0) is 12.0. The summed E-state index contributed by atoms with van der Waals surface area (Å²) < 4.78 is 1.96. The number of fused-ring (bicyclic) bond motifs is 1. The van der Waals surface area contributed by atoms with Gasteiger partial charge in [-0.05, 0) is 30.5 Å². The van der Waals surface area contributed by atoms with Crippen molar-refractivity contribution in [2.45, 2.75) is 18.3 Å². The third-order valence-electron chi connectivity index (χ3n) is 3.59. The lowest BCUT2D eigenvalue weighted by Crippen LogP contribution is -2.39. The number of hydrogen-bond acceptors (Lipinski definition) is 3. The van der Waals surface area contributed by atoms with Gasteiger partial charge >= 0.3 is 0 Å². The SMILES string of the molecule is Cn1cnc2cc(C3(C(=O)NN)CC3)ccc21. The molecule has 3 rings (SSSR count). The van der Waals surface area contributed by atoms with Crippen LogP contribution in [0.25, 0.3) is 11.0 Å². The number of aromatic nitrogens is 2. The number of nitrogens with zero attached hydrogens (tertiary/aromatic N) is 2. The number of hydrazine groups is 1. The fourth-order valence-electron chi connectivity index (χ4n) is 2.34. The minimum absolute atomic E-state index is 0.104. The third kappa shape index (κ3) is 1.36. The van der Waals surface area contributed by atoms with E-state index in [0.717, 1.165) is 29.4 Å².